The quantitative estimate of drug-likeness (QED) is 0.380. The summed E-state index contributed by atoms with van der Waals surface area (Å²) in [5.74, 6) is -6.25. The van der Waals surface area contributed by atoms with Gasteiger partial charge in [-0.2, -0.15) is 0 Å². The van der Waals surface area contributed by atoms with E-state index < -0.39 is 52.7 Å². The molecule has 4 aliphatic carbocycles. The lowest BCUT2D eigenvalue weighted by Crippen LogP contribution is -2.73. The molecule has 0 aliphatic heterocycles. The lowest BCUT2D eigenvalue weighted by Gasteiger charge is -2.62. The van der Waals surface area contributed by atoms with Gasteiger partial charge in [-0.05, 0) is 6.42 Å². The summed E-state index contributed by atoms with van der Waals surface area (Å²) < 4.78 is 22.8. The van der Waals surface area contributed by atoms with E-state index in [-0.39, 0.29) is 24.2 Å². The van der Waals surface area contributed by atoms with Crippen LogP contribution in [0, 0.1) is 23.2 Å². The van der Waals surface area contributed by atoms with Crippen LogP contribution in [-0.2, 0) is 28.5 Å². The van der Waals surface area contributed by atoms with E-state index >= 15 is 0 Å². The zero-order valence-electron chi connectivity index (χ0n) is 18.9. The molecule has 4 aliphatic rings. The molecule has 0 aromatic heterocycles. The Hall–Kier alpha value is -1.94. The predicted octanol–water partition coefficient (Wildman–Crippen LogP) is 1.34. The van der Waals surface area contributed by atoms with Gasteiger partial charge in [-0.3, -0.25) is 9.59 Å². The van der Waals surface area contributed by atoms with Crippen molar-refractivity contribution in [1.29, 1.82) is 0 Å². The Morgan fingerprint density at radius 3 is 2.03 bits per heavy atom. The molecule has 6 atom stereocenters. The number of Topliss-reactive ketones (excluding diaryl/α,β-unsaturated/α-hetero) is 2. The van der Waals surface area contributed by atoms with Crippen molar-refractivity contribution in [3.05, 3.63) is 49.1 Å². The van der Waals surface area contributed by atoms with Crippen molar-refractivity contribution in [1.82, 2.24) is 0 Å². The zero-order valence-corrected chi connectivity index (χ0v) is 18.9. The number of carbonyl (C=O) groups excluding carboxylic acids is 2. The first-order valence-corrected chi connectivity index (χ1v) is 10.5. The number of allylic oxidation sites excluding steroid dienone is 2. The highest BCUT2D eigenvalue weighted by Crippen LogP contribution is 2.63. The molecule has 0 radical (unpaired) electrons. The van der Waals surface area contributed by atoms with Crippen LogP contribution in [0.4, 0.5) is 0 Å². The Bertz CT molecular complexity index is 850. The first kappa shape index (κ1) is 24.7. The monoisotopic (exact) mass is 448 g/mol. The van der Waals surface area contributed by atoms with Gasteiger partial charge in [0.05, 0.1) is 17.6 Å². The second-order valence-electron chi connectivity index (χ2n) is 8.49. The van der Waals surface area contributed by atoms with Crippen molar-refractivity contribution in [3.8, 4) is 0 Å². The maximum Gasteiger partial charge on any atom is 0.237 e. The second kappa shape index (κ2) is 8.78. The maximum atomic E-state index is 13.9. The van der Waals surface area contributed by atoms with Crippen LogP contribution in [-0.4, -0.2) is 74.0 Å². The van der Waals surface area contributed by atoms with Gasteiger partial charge in [-0.25, -0.2) is 0 Å². The third kappa shape index (κ3) is 3.13. The standard InChI is InChI=1S/C24H32O8/c1-7-15(25)11-14-12-18-19(24(31-5,32-6)20(14)27)17-9-10-22(18,13-16(26)8-2)21(28)23(17,29-3)30-4/h7-10,12,15-19,25-26H,1-2,11,13H2,3-6H3/t15?,16?,17?,18-,19?,22+/m0/s1. The fourth-order valence-electron chi connectivity index (χ4n) is 5.79. The van der Waals surface area contributed by atoms with E-state index in [1.54, 1.807) is 18.2 Å². The van der Waals surface area contributed by atoms with Gasteiger partial charge in [0.2, 0.25) is 23.1 Å². The molecule has 0 saturated heterocycles. The van der Waals surface area contributed by atoms with Gasteiger partial charge in [0.15, 0.2) is 0 Å². The molecule has 2 bridgehead atoms. The van der Waals surface area contributed by atoms with Crippen molar-refractivity contribution in [3.63, 3.8) is 0 Å². The van der Waals surface area contributed by atoms with Gasteiger partial charge in [0, 0.05) is 58.2 Å². The summed E-state index contributed by atoms with van der Waals surface area (Å²) in [5.41, 5.74) is -1.02. The van der Waals surface area contributed by atoms with Crippen LogP contribution >= 0.6 is 0 Å². The van der Waals surface area contributed by atoms with E-state index in [9.17, 15) is 19.8 Å². The third-order valence-electron chi connectivity index (χ3n) is 7.31. The number of aliphatic hydroxyl groups is 2. The van der Waals surface area contributed by atoms with Crippen LogP contribution in [0.15, 0.2) is 49.1 Å². The maximum absolute atomic E-state index is 13.9. The molecule has 0 spiro atoms. The minimum atomic E-state index is -1.75. The first-order valence-electron chi connectivity index (χ1n) is 10.5. The summed E-state index contributed by atoms with van der Waals surface area (Å²) in [7, 11) is 5.48. The molecular formula is C24H32O8. The van der Waals surface area contributed by atoms with E-state index in [1.807, 2.05) is 0 Å². The van der Waals surface area contributed by atoms with Gasteiger partial charge in [-0.15, -0.1) is 13.2 Å². The van der Waals surface area contributed by atoms with Crippen molar-refractivity contribution >= 4 is 11.6 Å². The van der Waals surface area contributed by atoms with Gasteiger partial charge in [-0.1, -0.05) is 30.4 Å². The van der Waals surface area contributed by atoms with Gasteiger partial charge in [0.1, 0.15) is 0 Å². The van der Waals surface area contributed by atoms with E-state index in [0.717, 1.165) is 0 Å². The zero-order chi connectivity index (χ0) is 23.9. The van der Waals surface area contributed by atoms with E-state index in [4.69, 9.17) is 18.9 Å². The largest absolute Gasteiger partial charge is 0.389 e. The van der Waals surface area contributed by atoms with Crippen molar-refractivity contribution in [2.75, 3.05) is 28.4 Å². The number of carbonyl (C=O) groups is 2. The van der Waals surface area contributed by atoms with Crippen molar-refractivity contribution in [2.24, 2.45) is 23.2 Å². The topological polar surface area (TPSA) is 112 Å². The molecule has 176 valence electrons. The van der Waals surface area contributed by atoms with Crippen LogP contribution in [0.1, 0.15) is 12.8 Å². The number of ether oxygens (including phenoxy) is 4. The molecule has 8 nitrogen and oxygen atoms in total. The van der Waals surface area contributed by atoms with E-state index in [2.05, 4.69) is 13.2 Å². The third-order valence-corrected chi connectivity index (χ3v) is 7.31. The van der Waals surface area contributed by atoms with Crippen LogP contribution in [0.2, 0.25) is 0 Å². The van der Waals surface area contributed by atoms with Crippen molar-refractivity contribution < 1.29 is 38.7 Å². The highest BCUT2D eigenvalue weighted by Gasteiger charge is 2.74. The van der Waals surface area contributed by atoms with Gasteiger partial charge in [0.25, 0.3) is 0 Å². The predicted molar refractivity (Wildman–Crippen MR) is 115 cm³/mol. The fourth-order valence-corrected chi connectivity index (χ4v) is 5.79. The molecule has 0 amide bonds. The number of aliphatic hydroxyl groups excluding tert-OH is 2. The lowest BCUT2D eigenvalue weighted by molar-refractivity contribution is -0.304. The molecule has 8 heteroatoms. The molecule has 4 rings (SSSR count). The van der Waals surface area contributed by atoms with Crippen LogP contribution in [0.3, 0.4) is 0 Å². The Kier molecular flexibility index (Phi) is 6.77. The van der Waals surface area contributed by atoms with E-state index in [1.165, 1.54) is 40.6 Å². The number of hydrogen-bond donors (Lipinski definition) is 2. The highest BCUT2D eigenvalue weighted by molar-refractivity contribution is 6.04. The van der Waals surface area contributed by atoms with Crippen LogP contribution in [0.5, 0.6) is 0 Å². The minimum Gasteiger partial charge on any atom is -0.389 e. The normalized spacial score (nSPS) is 33.9. The fraction of sp³-hybridized carbons (Fsp3) is 0.583. The smallest absolute Gasteiger partial charge is 0.237 e. The SMILES string of the molecule is C=CC(O)CC1=C[C@H]2C(C3C=C[C@]2(CC(O)C=C)C(=O)C3(OC)OC)C(OC)(OC)C1=O. The van der Waals surface area contributed by atoms with Crippen LogP contribution in [0.25, 0.3) is 0 Å². The number of rotatable bonds is 10. The minimum absolute atomic E-state index is 0.000317. The molecular weight excluding hydrogens is 416 g/mol. The Balaban J connectivity index is 2.32. The Labute approximate surface area is 188 Å². The summed E-state index contributed by atoms with van der Waals surface area (Å²) in [6.45, 7) is 7.21. The summed E-state index contributed by atoms with van der Waals surface area (Å²) in [6, 6.07) is 0. The number of ketones is 2. The van der Waals surface area contributed by atoms with Crippen LogP contribution < -0.4 is 0 Å². The molecule has 4 unspecified atom stereocenters. The lowest BCUT2D eigenvalue weighted by atomic mass is 9.46. The molecule has 0 aromatic carbocycles. The summed E-state index contributed by atoms with van der Waals surface area (Å²) in [5, 5.41) is 20.7. The summed E-state index contributed by atoms with van der Waals surface area (Å²) >= 11 is 0. The molecule has 0 heterocycles. The highest BCUT2D eigenvalue weighted by atomic mass is 16.7. The molecule has 1 saturated carbocycles. The average molecular weight is 449 g/mol. The Morgan fingerprint density at radius 2 is 1.53 bits per heavy atom. The number of methoxy groups -OCH3 is 4. The van der Waals surface area contributed by atoms with Gasteiger partial charge >= 0.3 is 0 Å². The molecule has 2 N–H and O–H groups in total. The first-order chi connectivity index (χ1) is 15.2. The van der Waals surface area contributed by atoms with Gasteiger partial charge < -0.3 is 29.2 Å². The molecule has 32 heavy (non-hydrogen) atoms. The summed E-state index contributed by atoms with van der Waals surface area (Å²) in [6.07, 6.45) is 5.95. The Morgan fingerprint density at radius 1 is 0.969 bits per heavy atom. The number of hydrogen-bond acceptors (Lipinski definition) is 8. The summed E-state index contributed by atoms with van der Waals surface area (Å²) in [4.78, 5) is 27.6. The van der Waals surface area contributed by atoms with Crippen molar-refractivity contribution in [2.45, 2.75) is 36.6 Å². The second-order valence-corrected chi connectivity index (χ2v) is 8.49. The van der Waals surface area contributed by atoms with E-state index in [0.29, 0.717) is 0 Å². The average Bonchev–Trinajstić information content (AvgIpc) is 2.81. The number of fused-ring (bicyclic) bond motifs is 1. The molecule has 1 fully saturated rings. The molecule has 0 aromatic rings.